The van der Waals surface area contributed by atoms with Crippen molar-refractivity contribution in [2.24, 2.45) is 0 Å². The third-order valence-corrected chi connectivity index (χ3v) is 4.88. The van der Waals surface area contributed by atoms with Gasteiger partial charge in [-0.25, -0.2) is 15.0 Å². The van der Waals surface area contributed by atoms with Crippen LogP contribution >= 0.6 is 0 Å². The maximum absolute atomic E-state index is 4.87. The van der Waals surface area contributed by atoms with Crippen molar-refractivity contribution >= 4 is 16.8 Å². The molecule has 0 N–H and O–H groups in total. The van der Waals surface area contributed by atoms with Crippen molar-refractivity contribution in [1.82, 2.24) is 34.1 Å². The van der Waals surface area contributed by atoms with Gasteiger partial charge in [0.15, 0.2) is 17.1 Å². The van der Waals surface area contributed by atoms with Crippen molar-refractivity contribution in [2.75, 3.05) is 0 Å². The number of fused-ring (bicyclic) bond motifs is 2. The molecule has 0 fully saturated rings. The second kappa shape index (κ2) is 6.53. The van der Waals surface area contributed by atoms with Crippen molar-refractivity contribution in [3.05, 3.63) is 71.9 Å². The standard InChI is InChI=1S/C21H19N7/c1-3-16-21-26-25-14(2)27(21)13-18(23-16)20-24-17-10-7-11-22-19(17)28(20)12-15-8-5-4-6-9-15/h4-11,13H,3,12H2,1-2H3. The Morgan fingerprint density at radius 3 is 2.61 bits per heavy atom. The van der Waals surface area contributed by atoms with Crippen LogP contribution in [0.15, 0.2) is 54.9 Å². The molecule has 0 radical (unpaired) electrons. The quantitative estimate of drug-likeness (QED) is 0.485. The van der Waals surface area contributed by atoms with E-state index in [2.05, 4.69) is 38.8 Å². The summed E-state index contributed by atoms with van der Waals surface area (Å²) < 4.78 is 4.11. The summed E-state index contributed by atoms with van der Waals surface area (Å²) in [5, 5.41) is 8.47. The summed E-state index contributed by atoms with van der Waals surface area (Å²) in [6, 6.07) is 14.2. The van der Waals surface area contributed by atoms with E-state index in [1.165, 1.54) is 5.56 Å². The minimum absolute atomic E-state index is 0.673. The molecule has 138 valence electrons. The fourth-order valence-electron chi connectivity index (χ4n) is 3.48. The molecular formula is C21H19N7. The maximum atomic E-state index is 4.87. The number of hydrogen-bond donors (Lipinski definition) is 0. The van der Waals surface area contributed by atoms with E-state index in [4.69, 9.17) is 9.97 Å². The minimum atomic E-state index is 0.673. The molecular weight excluding hydrogens is 350 g/mol. The van der Waals surface area contributed by atoms with Crippen LogP contribution in [0.1, 0.15) is 24.0 Å². The molecule has 4 aromatic heterocycles. The number of nitrogens with zero attached hydrogens (tertiary/aromatic N) is 7. The number of rotatable bonds is 4. The van der Waals surface area contributed by atoms with Crippen LogP contribution in [0.25, 0.3) is 28.3 Å². The summed E-state index contributed by atoms with van der Waals surface area (Å²) in [5.74, 6) is 1.62. The van der Waals surface area contributed by atoms with Crippen LogP contribution in [0.5, 0.6) is 0 Å². The predicted molar refractivity (Wildman–Crippen MR) is 107 cm³/mol. The van der Waals surface area contributed by atoms with Gasteiger partial charge in [0.05, 0.1) is 12.2 Å². The van der Waals surface area contributed by atoms with Crippen molar-refractivity contribution < 1.29 is 0 Å². The molecule has 0 aliphatic rings. The molecule has 7 heteroatoms. The number of aromatic nitrogens is 7. The van der Waals surface area contributed by atoms with Gasteiger partial charge in [-0.05, 0) is 31.0 Å². The molecule has 0 aliphatic carbocycles. The van der Waals surface area contributed by atoms with Gasteiger partial charge in [0.2, 0.25) is 0 Å². The van der Waals surface area contributed by atoms with Crippen LogP contribution in [0, 0.1) is 6.92 Å². The molecule has 28 heavy (non-hydrogen) atoms. The van der Waals surface area contributed by atoms with Crippen molar-refractivity contribution in [2.45, 2.75) is 26.8 Å². The van der Waals surface area contributed by atoms with Gasteiger partial charge in [-0.3, -0.25) is 4.40 Å². The first-order chi connectivity index (χ1) is 13.7. The molecule has 0 amide bonds. The first-order valence-electron chi connectivity index (χ1n) is 9.31. The van der Waals surface area contributed by atoms with E-state index in [0.717, 1.165) is 46.3 Å². The lowest BCUT2D eigenvalue weighted by molar-refractivity contribution is 0.816. The maximum Gasteiger partial charge on any atom is 0.182 e. The molecule has 5 rings (SSSR count). The van der Waals surface area contributed by atoms with E-state index in [1.807, 2.05) is 47.9 Å². The van der Waals surface area contributed by atoms with Gasteiger partial charge < -0.3 is 4.57 Å². The van der Waals surface area contributed by atoms with Gasteiger partial charge in [0.1, 0.15) is 17.0 Å². The molecule has 0 aliphatic heterocycles. The zero-order valence-corrected chi connectivity index (χ0v) is 15.7. The van der Waals surface area contributed by atoms with Gasteiger partial charge in [-0.15, -0.1) is 10.2 Å². The van der Waals surface area contributed by atoms with E-state index in [9.17, 15) is 0 Å². The number of pyridine rings is 1. The van der Waals surface area contributed by atoms with Gasteiger partial charge in [-0.2, -0.15) is 0 Å². The Labute approximate surface area is 161 Å². The molecule has 7 nitrogen and oxygen atoms in total. The smallest absolute Gasteiger partial charge is 0.182 e. The van der Waals surface area contributed by atoms with Gasteiger partial charge in [0, 0.05) is 12.4 Å². The third kappa shape index (κ3) is 2.63. The highest BCUT2D eigenvalue weighted by atomic mass is 15.3. The normalized spacial score (nSPS) is 11.5. The highest BCUT2D eigenvalue weighted by Crippen LogP contribution is 2.25. The summed E-state index contributed by atoms with van der Waals surface area (Å²) in [4.78, 5) is 14.3. The van der Waals surface area contributed by atoms with Gasteiger partial charge >= 0.3 is 0 Å². The third-order valence-electron chi connectivity index (χ3n) is 4.88. The Morgan fingerprint density at radius 1 is 0.929 bits per heavy atom. The van der Waals surface area contributed by atoms with Crippen LogP contribution in [0.2, 0.25) is 0 Å². The molecule has 0 spiro atoms. The average Bonchev–Trinajstić information content (AvgIpc) is 3.29. The number of benzene rings is 1. The number of imidazole rings is 1. The second-order valence-corrected chi connectivity index (χ2v) is 6.72. The molecule has 4 heterocycles. The number of aryl methyl sites for hydroxylation is 2. The first-order valence-corrected chi connectivity index (χ1v) is 9.31. The first kappa shape index (κ1) is 16.6. The van der Waals surface area contributed by atoms with Crippen LogP contribution < -0.4 is 0 Å². The van der Waals surface area contributed by atoms with Crippen LogP contribution in [0.4, 0.5) is 0 Å². The SMILES string of the molecule is CCc1nc(-c2nc3cccnc3n2Cc2ccccc2)cn2c(C)nnc12. The van der Waals surface area contributed by atoms with Gasteiger partial charge in [-0.1, -0.05) is 37.3 Å². The minimum Gasteiger partial charge on any atom is -0.303 e. The molecule has 1 aromatic carbocycles. The monoisotopic (exact) mass is 369 g/mol. The topological polar surface area (TPSA) is 73.8 Å². The Morgan fingerprint density at radius 2 is 1.79 bits per heavy atom. The molecule has 0 unspecified atom stereocenters. The van der Waals surface area contributed by atoms with E-state index in [0.29, 0.717) is 6.54 Å². The predicted octanol–water partition coefficient (Wildman–Crippen LogP) is 3.46. The fourth-order valence-corrected chi connectivity index (χ4v) is 3.48. The summed E-state index contributed by atoms with van der Waals surface area (Å²) in [5.41, 5.74) is 5.39. The summed E-state index contributed by atoms with van der Waals surface area (Å²) in [7, 11) is 0. The highest BCUT2D eigenvalue weighted by Gasteiger charge is 2.18. The van der Waals surface area contributed by atoms with Crippen LogP contribution in [-0.4, -0.2) is 34.1 Å². The lowest BCUT2D eigenvalue weighted by atomic mass is 10.2. The summed E-state index contributed by atoms with van der Waals surface area (Å²) >= 11 is 0. The summed E-state index contributed by atoms with van der Waals surface area (Å²) in [6.07, 6.45) is 4.53. The molecule has 0 saturated carbocycles. The summed E-state index contributed by atoms with van der Waals surface area (Å²) in [6.45, 7) is 4.69. The average molecular weight is 369 g/mol. The molecule has 0 atom stereocenters. The Kier molecular flexibility index (Phi) is 3.86. The zero-order chi connectivity index (χ0) is 19.1. The lowest BCUT2D eigenvalue weighted by Gasteiger charge is -2.10. The van der Waals surface area contributed by atoms with E-state index < -0.39 is 0 Å². The van der Waals surface area contributed by atoms with Crippen LogP contribution in [0.3, 0.4) is 0 Å². The van der Waals surface area contributed by atoms with Crippen molar-refractivity contribution in [1.29, 1.82) is 0 Å². The van der Waals surface area contributed by atoms with Gasteiger partial charge in [0.25, 0.3) is 0 Å². The second-order valence-electron chi connectivity index (χ2n) is 6.72. The lowest BCUT2D eigenvalue weighted by Crippen LogP contribution is -2.06. The molecule has 5 aromatic rings. The molecule has 0 saturated heterocycles. The van der Waals surface area contributed by atoms with Crippen molar-refractivity contribution in [3.63, 3.8) is 0 Å². The van der Waals surface area contributed by atoms with E-state index in [-0.39, 0.29) is 0 Å². The molecule has 0 bridgehead atoms. The Balaban J connectivity index is 1.76. The fraction of sp³-hybridized carbons (Fsp3) is 0.190. The Bertz CT molecular complexity index is 1280. The number of hydrogen-bond acceptors (Lipinski definition) is 5. The van der Waals surface area contributed by atoms with Crippen molar-refractivity contribution in [3.8, 4) is 11.5 Å². The zero-order valence-electron chi connectivity index (χ0n) is 15.7. The Hall–Kier alpha value is -3.61. The largest absolute Gasteiger partial charge is 0.303 e. The highest BCUT2D eigenvalue weighted by molar-refractivity contribution is 5.76. The van der Waals surface area contributed by atoms with Crippen LogP contribution in [-0.2, 0) is 13.0 Å². The van der Waals surface area contributed by atoms with E-state index >= 15 is 0 Å². The van der Waals surface area contributed by atoms with E-state index in [1.54, 1.807) is 6.20 Å².